The summed E-state index contributed by atoms with van der Waals surface area (Å²) in [6.45, 7) is 1.41. The average molecular weight is 412 g/mol. The molecule has 116 valence electrons. The van der Waals surface area contributed by atoms with Crippen molar-refractivity contribution in [2.75, 3.05) is 20.3 Å². The first kappa shape index (κ1) is 16.7. The van der Waals surface area contributed by atoms with Gasteiger partial charge in [0, 0.05) is 29.5 Å². The van der Waals surface area contributed by atoms with Crippen LogP contribution in [0.15, 0.2) is 42.6 Å². The maximum Gasteiger partial charge on any atom is 0.252 e. The highest BCUT2D eigenvalue weighted by atomic mass is 127. The first-order chi connectivity index (χ1) is 10.7. The van der Waals surface area contributed by atoms with Crippen LogP contribution >= 0.6 is 22.6 Å². The van der Waals surface area contributed by atoms with Crippen molar-refractivity contribution in [3.63, 3.8) is 0 Å². The van der Waals surface area contributed by atoms with Gasteiger partial charge in [0.15, 0.2) is 0 Å². The summed E-state index contributed by atoms with van der Waals surface area (Å²) in [5.41, 5.74) is 1.59. The average Bonchev–Trinajstić information content (AvgIpc) is 2.54. The fourth-order valence-corrected chi connectivity index (χ4v) is 2.39. The maximum atomic E-state index is 12.1. The minimum absolute atomic E-state index is 0.0922. The second kappa shape index (κ2) is 8.70. The zero-order valence-corrected chi connectivity index (χ0v) is 14.4. The maximum absolute atomic E-state index is 12.1. The predicted molar refractivity (Wildman–Crippen MR) is 91.9 cm³/mol. The molecule has 0 bridgehead atoms. The highest BCUT2D eigenvalue weighted by Gasteiger charge is 2.08. The predicted octanol–water partition coefficient (Wildman–Crippen LogP) is 2.64. The van der Waals surface area contributed by atoms with E-state index in [9.17, 15) is 4.79 Å². The van der Waals surface area contributed by atoms with Gasteiger partial charge in [0.05, 0.1) is 12.2 Å². The van der Waals surface area contributed by atoms with E-state index < -0.39 is 0 Å². The van der Waals surface area contributed by atoms with Gasteiger partial charge in [-0.15, -0.1) is 0 Å². The molecule has 5 nitrogen and oxygen atoms in total. The van der Waals surface area contributed by atoms with Crippen LogP contribution < -0.4 is 10.1 Å². The molecule has 6 heteroatoms. The molecule has 0 fully saturated rings. The topological polar surface area (TPSA) is 60.5 Å². The number of aromatic nitrogens is 1. The Bertz CT molecular complexity index is 617. The summed E-state index contributed by atoms with van der Waals surface area (Å²) in [6, 6.07) is 11.1. The largest absolute Gasteiger partial charge is 0.475 e. The van der Waals surface area contributed by atoms with Crippen LogP contribution in [-0.4, -0.2) is 31.2 Å². The van der Waals surface area contributed by atoms with Gasteiger partial charge in [-0.2, -0.15) is 0 Å². The lowest BCUT2D eigenvalue weighted by atomic mass is 10.2. The summed E-state index contributed by atoms with van der Waals surface area (Å²) in [7, 11) is 1.62. The Balaban J connectivity index is 1.86. The molecule has 1 aromatic carbocycles. The number of rotatable bonds is 7. The number of halogens is 1. The Morgan fingerprint density at radius 3 is 2.73 bits per heavy atom. The molecule has 1 N–H and O–H groups in total. The van der Waals surface area contributed by atoms with Crippen LogP contribution in [0.3, 0.4) is 0 Å². The fourth-order valence-electron chi connectivity index (χ4n) is 1.75. The number of ether oxygens (including phenoxy) is 2. The minimum Gasteiger partial charge on any atom is -0.475 e. The van der Waals surface area contributed by atoms with Gasteiger partial charge >= 0.3 is 0 Å². The lowest BCUT2D eigenvalue weighted by Gasteiger charge is -2.08. The van der Waals surface area contributed by atoms with E-state index in [0.29, 0.717) is 31.2 Å². The fraction of sp³-hybridized carbons (Fsp3) is 0.250. The number of amides is 1. The van der Waals surface area contributed by atoms with Gasteiger partial charge in [-0.3, -0.25) is 4.79 Å². The van der Waals surface area contributed by atoms with Gasteiger partial charge in [0.25, 0.3) is 5.91 Å². The summed E-state index contributed by atoms with van der Waals surface area (Å²) in [6.07, 6.45) is 1.69. The molecule has 0 aliphatic heterocycles. The van der Waals surface area contributed by atoms with Crippen molar-refractivity contribution in [1.29, 1.82) is 0 Å². The summed E-state index contributed by atoms with van der Waals surface area (Å²) >= 11 is 2.15. The third-order valence-electron chi connectivity index (χ3n) is 2.91. The van der Waals surface area contributed by atoms with Crippen molar-refractivity contribution in [3.05, 3.63) is 57.3 Å². The second-order valence-electron chi connectivity index (χ2n) is 4.51. The summed E-state index contributed by atoms with van der Waals surface area (Å²) in [4.78, 5) is 16.3. The van der Waals surface area contributed by atoms with Crippen molar-refractivity contribution < 1.29 is 14.3 Å². The van der Waals surface area contributed by atoms with E-state index in [1.54, 1.807) is 19.4 Å². The molecule has 1 heterocycles. The van der Waals surface area contributed by atoms with E-state index in [2.05, 4.69) is 32.9 Å². The zero-order chi connectivity index (χ0) is 15.8. The molecule has 1 amide bonds. The Morgan fingerprint density at radius 1 is 1.23 bits per heavy atom. The van der Waals surface area contributed by atoms with E-state index in [1.165, 1.54) is 0 Å². The van der Waals surface area contributed by atoms with Crippen molar-refractivity contribution in [1.82, 2.24) is 10.3 Å². The Hall–Kier alpha value is -1.67. The molecular weight excluding hydrogens is 395 g/mol. The number of carbonyl (C=O) groups excluding carboxylic acids is 1. The molecule has 0 saturated heterocycles. The molecule has 22 heavy (non-hydrogen) atoms. The van der Waals surface area contributed by atoms with Crippen LogP contribution in [0.5, 0.6) is 5.88 Å². The van der Waals surface area contributed by atoms with Crippen LogP contribution in [0.1, 0.15) is 15.9 Å². The zero-order valence-electron chi connectivity index (χ0n) is 12.2. The molecule has 1 aromatic heterocycles. The van der Waals surface area contributed by atoms with E-state index >= 15 is 0 Å². The van der Waals surface area contributed by atoms with Crippen molar-refractivity contribution in [2.45, 2.75) is 6.54 Å². The summed E-state index contributed by atoms with van der Waals surface area (Å²) in [5.74, 6) is 0.454. The van der Waals surface area contributed by atoms with Crippen molar-refractivity contribution in [2.24, 2.45) is 0 Å². The quantitative estimate of drug-likeness (QED) is 0.561. The number of hydrogen-bond acceptors (Lipinski definition) is 4. The SMILES string of the molecule is COCCOc1ccc(CNC(=O)c2ccccc2I)cn1. The van der Waals surface area contributed by atoms with E-state index in [4.69, 9.17) is 9.47 Å². The smallest absolute Gasteiger partial charge is 0.252 e. The van der Waals surface area contributed by atoms with Crippen LogP contribution in [0, 0.1) is 3.57 Å². The first-order valence-electron chi connectivity index (χ1n) is 6.80. The Labute approximate surface area is 143 Å². The van der Waals surface area contributed by atoms with Crippen molar-refractivity contribution in [3.8, 4) is 5.88 Å². The number of carbonyl (C=O) groups is 1. The third-order valence-corrected chi connectivity index (χ3v) is 3.85. The third kappa shape index (κ3) is 4.96. The highest BCUT2D eigenvalue weighted by Crippen LogP contribution is 2.12. The second-order valence-corrected chi connectivity index (χ2v) is 5.67. The van der Waals surface area contributed by atoms with Gasteiger partial charge in [-0.05, 0) is 40.3 Å². The normalized spacial score (nSPS) is 10.3. The molecule has 2 aromatic rings. The van der Waals surface area contributed by atoms with E-state index in [-0.39, 0.29) is 5.91 Å². The number of benzene rings is 1. The molecule has 0 radical (unpaired) electrons. The molecule has 0 saturated carbocycles. The number of nitrogens with zero attached hydrogens (tertiary/aromatic N) is 1. The van der Waals surface area contributed by atoms with Gasteiger partial charge < -0.3 is 14.8 Å². The number of nitrogens with one attached hydrogen (secondary N) is 1. The molecule has 2 rings (SSSR count). The first-order valence-corrected chi connectivity index (χ1v) is 7.88. The number of hydrogen-bond donors (Lipinski definition) is 1. The minimum atomic E-state index is -0.0922. The van der Waals surface area contributed by atoms with Crippen LogP contribution in [0.25, 0.3) is 0 Å². The Kier molecular flexibility index (Phi) is 6.60. The monoisotopic (exact) mass is 412 g/mol. The van der Waals surface area contributed by atoms with Crippen LogP contribution in [0.2, 0.25) is 0 Å². The van der Waals surface area contributed by atoms with E-state index in [0.717, 1.165) is 9.13 Å². The highest BCUT2D eigenvalue weighted by molar-refractivity contribution is 14.1. The molecule has 0 atom stereocenters. The van der Waals surface area contributed by atoms with E-state index in [1.807, 2.05) is 30.3 Å². The van der Waals surface area contributed by atoms with Gasteiger partial charge in [-0.25, -0.2) is 4.98 Å². The number of methoxy groups -OCH3 is 1. The van der Waals surface area contributed by atoms with Crippen LogP contribution in [-0.2, 0) is 11.3 Å². The van der Waals surface area contributed by atoms with Gasteiger partial charge in [0.2, 0.25) is 5.88 Å². The molecule has 0 spiro atoms. The lowest BCUT2D eigenvalue weighted by Crippen LogP contribution is -2.23. The summed E-state index contributed by atoms with van der Waals surface area (Å²) < 4.78 is 11.2. The molecule has 0 aliphatic rings. The standard InChI is InChI=1S/C16H17IN2O3/c1-21-8-9-22-15-7-6-12(10-18-15)11-19-16(20)13-4-2-3-5-14(13)17/h2-7,10H,8-9,11H2,1H3,(H,19,20). The molecule has 0 aliphatic carbocycles. The van der Waals surface area contributed by atoms with Crippen LogP contribution in [0.4, 0.5) is 0 Å². The molecule has 0 unspecified atom stereocenters. The van der Waals surface area contributed by atoms with Crippen molar-refractivity contribution >= 4 is 28.5 Å². The number of pyridine rings is 1. The summed E-state index contributed by atoms with van der Waals surface area (Å²) in [5, 5.41) is 2.88. The van der Waals surface area contributed by atoms with Gasteiger partial charge in [-0.1, -0.05) is 18.2 Å². The Morgan fingerprint density at radius 2 is 2.05 bits per heavy atom. The molecular formula is C16H17IN2O3. The lowest BCUT2D eigenvalue weighted by molar-refractivity contribution is 0.0950. The van der Waals surface area contributed by atoms with Gasteiger partial charge in [0.1, 0.15) is 6.61 Å².